The summed E-state index contributed by atoms with van der Waals surface area (Å²) in [5, 5.41) is 2.57. The number of nitrogens with one attached hydrogen (secondary N) is 2. The van der Waals surface area contributed by atoms with Gasteiger partial charge in [-0.3, -0.25) is 9.78 Å². The molecule has 15 heavy (non-hydrogen) atoms. The van der Waals surface area contributed by atoms with Crippen LogP contribution in [0.1, 0.15) is 0 Å². The van der Waals surface area contributed by atoms with Crippen molar-refractivity contribution in [2.75, 3.05) is 5.32 Å². The number of benzene rings is 1. The summed E-state index contributed by atoms with van der Waals surface area (Å²) in [6.07, 6.45) is 1.17. The highest BCUT2D eigenvalue weighted by molar-refractivity contribution is 5.99. The number of amides is 1. The lowest BCUT2D eigenvalue weighted by Crippen LogP contribution is -2.06. The first-order valence-electron chi connectivity index (χ1n) is 4.25. The van der Waals surface area contributed by atoms with Crippen LogP contribution in [0.25, 0.3) is 11.1 Å². The van der Waals surface area contributed by atoms with Gasteiger partial charge in [0.25, 0.3) is 0 Å². The maximum Gasteiger partial charge on any atom is 0.417 e. The number of oxazole rings is 1. The molecule has 2 aromatic rings. The average molecular weight is 204 g/mol. The van der Waals surface area contributed by atoms with Crippen LogP contribution in [0.3, 0.4) is 0 Å². The van der Waals surface area contributed by atoms with Gasteiger partial charge in [-0.2, -0.15) is 0 Å². The number of carbonyl (C=O) groups excluding carboxylic acids is 1. The molecule has 0 saturated heterocycles. The lowest BCUT2D eigenvalue weighted by atomic mass is 10.3. The van der Waals surface area contributed by atoms with Gasteiger partial charge in [-0.15, -0.1) is 0 Å². The highest BCUT2D eigenvalue weighted by Gasteiger charge is 2.02. The number of hydrogen-bond donors (Lipinski definition) is 2. The normalized spacial score (nSPS) is 10.1. The van der Waals surface area contributed by atoms with Crippen LogP contribution in [0, 0.1) is 0 Å². The van der Waals surface area contributed by atoms with Crippen molar-refractivity contribution in [3.05, 3.63) is 41.4 Å². The number of fused-ring (bicyclic) bond motifs is 1. The summed E-state index contributed by atoms with van der Waals surface area (Å²) in [7, 11) is 0. The molecule has 0 atom stereocenters. The number of rotatable bonds is 2. The van der Waals surface area contributed by atoms with Gasteiger partial charge in [-0.1, -0.05) is 6.58 Å². The minimum absolute atomic E-state index is 0.305. The lowest BCUT2D eigenvalue weighted by Gasteiger charge is -2.00. The molecule has 0 spiro atoms. The first-order chi connectivity index (χ1) is 7.19. The molecule has 0 aliphatic rings. The van der Waals surface area contributed by atoms with E-state index in [1.54, 1.807) is 18.2 Å². The summed E-state index contributed by atoms with van der Waals surface area (Å²) >= 11 is 0. The van der Waals surface area contributed by atoms with Crippen LogP contribution < -0.4 is 11.1 Å². The maximum absolute atomic E-state index is 11.0. The molecular weight excluding hydrogens is 196 g/mol. The fraction of sp³-hybridized carbons (Fsp3) is 0. The van der Waals surface area contributed by atoms with Crippen molar-refractivity contribution in [1.29, 1.82) is 0 Å². The van der Waals surface area contributed by atoms with Gasteiger partial charge in [0.05, 0.1) is 5.52 Å². The largest absolute Gasteiger partial charge is 0.417 e. The standard InChI is InChI=1S/C10H8N2O3/c1-2-9(13)11-6-3-4-8-7(5-6)12-10(14)15-8/h2-5H,1H2,(H,11,13)(H,12,14). The molecule has 1 aromatic heterocycles. The van der Waals surface area contributed by atoms with E-state index in [9.17, 15) is 9.59 Å². The van der Waals surface area contributed by atoms with Gasteiger partial charge in [0, 0.05) is 5.69 Å². The Labute approximate surface area is 84.4 Å². The topological polar surface area (TPSA) is 75.1 Å². The zero-order chi connectivity index (χ0) is 10.8. The minimum atomic E-state index is -0.516. The van der Waals surface area contributed by atoms with Gasteiger partial charge in [0.15, 0.2) is 5.58 Å². The van der Waals surface area contributed by atoms with E-state index in [1.807, 2.05) is 0 Å². The van der Waals surface area contributed by atoms with Crippen molar-refractivity contribution >= 4 is 22.7 Å². The molecule has 1 aromatic carbocycles. The highest BCUT2D eigenvalue weighted by atomic mass is 16.4. The summed E-state index contributed by atoms with van der Waals surface area (Å²) in [6, 6.07) is 4.86. The fourth-order valence-corrected chi connectivity index (χ4v) is 1.22. The third kappa shape index (κ3) is 1.80. The number of aromatic nitrogens is 1. The van der Waals surface area contributed by atoms with Gasteiger partial charge in [-0.05, 0) is 24.3 Å². The van der Waals surface area contributed by atoms with Crippen molar-refractivity contribution in [2.24, 2.45) is 0 Å². The first kappa shape index (κ1) is 9.26. The summed E-state index contributed by atoms with van der Waals surface area (Å²) in [5.41, 5.74) is 1.57. The van der Waals surface area contributed by atoms with E-state index in [2.05, 4.69) is 16.9 Å². The summed E-state index contributed by atoms with van der Waals surface area (Å²) in [4.78, 5) is 24.3. The molecule has 2 N–H and O–H groups in total. The Kier molecular flexibility index (Phi) is 2.13. The molecule has 0 aliphatic carbocycles. The second kappa shape index (κ2) is 3.45. The van der Waals surface area contributed by atoms with E-state index in [-0.39, 0.29) is 5.91 Å². The predicted molar refractivity (Wildman–Crippen MR) is 55.7 cm³/mol. The second-order valence-electron chi connectivity index (χ2n) is 2.92. The van der Waals surface area contributed by atoms with Crippen LogP contribution in [0.2, 0.25) is 0 Å². The van der Waals surface area contributed by atoms with Crippen LogP contribution in [0.4, 0.5) is 5.69 Å². The van der Waals surface area contributed by atoms with Crippen LogP contribution >= 0.6 is 0 Å². The lowest BCUT2D eigenvalue weighted by molar-refractivity contribution is -0.111. The molecule has 0 fully saturated rings. The molecule has 2 rings (SSSR count). The molecule has 0 bridgehead atoms. The number of carbonyl (C=O) groups is 1. The van der Waals surface area contributed by atoms with Gasteiger partial charge < -0.3 is 9.73 Å². The van der Waals surface area contributed by atoms with E-state index in [0.717, 1.165) is 0 Å². The number of anilines is 1. The number of H-pyrrole nitrogens is 1. The van der Waals surface area contributed by atoms with Crippen LogP contribution in [-0.4, -0.2) is 10.9 Å². The third-order valence-corrected chi connectivity index (χ3v) is 1.87. The molecule has 0 unspecified atom stereocenters. The molecule has 0 saturated carbocycles. The zero-order valence-electron chi connectivity index (χ0n) is 7.74. The SMILES string of the molecule is C=CC(=O)Nc1ccc2oc(=O)[nH]c2c1. The summed E-state index contributed by atoms with van der Waals surface area (Å²) in [6.45, 7) is 3.33. The van der Waals surface area contributed by atoms with Crippen molar-refractivity contribution in [3.63, 3.8) is 0 Å². The molecular formula is C10H8N2O3. The predicted octanol–water partition coefficient (Wildman–Crippen LogP) is 1.25. The third-order valence-electron chi connectivity index (χ3n) is 1.87. The van der Waals surface area contributed by atoms with E-state index >= 15 is 0 Å². The van der Waals surface area contributed by atoms with Gasteiger partial charge in [0.2, 0.25) is 5.91 Å². The Morgan fingerprint density at radius 1 is 1.53 bits per heavy atom. The average Bonchev–Trinajstić information content (AvgIpc) is 2.57. The quantitative estimate of drug-likeness (QED) is 0.723. The van der Waals surface area contributed by atoms with E-state index in [0.29, 0.717) is 16.8 Å². The molecule has 76 valence electrons. The molecule has 0 radical (unpaired) electrons. The molecule has 1 amide bonds. The van der Waals surface area contributed by atoms with Crippen LogP contribution in [-0.2, 0) is 4.79 Å². The Balaban J connectivity index is 2.42. The number of hydrogen-bond acceptors (Lipinski definition) is 3. The van der Waals surface area contributed by atoms with E-state index < -0.39 is 5.76 Å². The summed E-state index contributed by atoms with van der Waals surface area (Å²) < 4.78 is 4.81. The van der Waals surface area contributed by atoms with Crippen molar-refractivity contribution < 1.29 is 9.21 Å². The van der Waals surface area contributed by atoms with Crippen molar-refractivity contribution in [2.45, 2.75) is 0 Å². The molecule has 5 nitrogen and oxygen atoms in total. The Hall–Kier alpha value is -2.30. The molecule has 1 heterocycles. The van der Waals surface area contributed by atoms with Gasteiger partial charge in [-0.25, -0.2) is 4.79 Å². The zero-order valence-corrected chi connectivity index (χ0v) is 7.74. The molecule has 0 aliphatic heterocycles. The van der Waals surface area contributed by atoms with Gasteiger partial charge >= 0.3 is 5.76 Å². The van der Waals surface area contributed by atoms with E-state index in [4.69, 9.17) is 4.42 Å². The number of aromatic amines is 1. The first-order valence-corrected chi connectivity index (χ1v) is 4.25. The van der Waals surface area contributed by atoms with Crippen LogP contribution in [0.15, 0.2) is 40.1 Å². The Bertz CT molecular complexity index is 580. The Morgan fingerprint density at radius 2 is 2.33 bits per heavy atom. The second-order valence-corrected chi connectivity index (χ2v) is 2.92. The molecule has 5 heteroatoms. The maximum atomic E-state index is 11.0. The van der Waals surface area contributed by atoms with Crippen molar-refractivity contribution in [1.82, 2.24) is 4.98 Å². The van der Waals surface area contributed by atoms with Gasteiger partial charge in [0.1, 0.15) is 0 Å². The highest BCUT2D eigenvalue weighted by Crippen LogP contribution is 2.15. The van der Waals surface area contributed by atoms with Crippen molar-refractivity contribution in [3.8, 4) is 0 Å². The fourth-order valence-electron chi connectivity index (χ4n) is 1.22. The minimum Gasteiger partial charge on any atom is -0.408 e. The smallest absolute Gasteiger partial charge is 0.408 e. The monoisotopic (exact) mass is 204 g/mol. The Morgan fingerprint density at radius 3 is 3.07 bits per heavy atom. The summed E-state index contributed by atoms with van der Waals surface area (Å²) in [5.74, 6) is -0.822. The van der Waals surface area contributed by atoms with Crippen LogP contribution in [0.5, 0.6) is 0 Å². The van der Waals surface area contributed by atoms with E-state index in [1.165, 1.54) is 6.08 Å².